The molecule has 2 aromatic heterocycles. The number of ether oxygens (including phenoxy) is 1. The number of esters is 1. The van der Waals surface area contributed by atoms with E-state index in [0.29, 0.717) is 26.9 Å². The van der Waals surface area contributed by atoms with Gasteiger partial charge in [0, 0.05) is 21.2 Å². The van der Waals surface area contributed by atoms with Gasteiger partial charge in [-0.25, -0.2) is 14.3 Å². The molecule has 0 radical (unpaired) electrons. The number of benzene rings is 2. The molecule has 0 saturated carbocycles. The number of rotatable bonds is 4. The average molecular weight is 412 g/mol. The fraction of sp³-hybridized carbons (Fsp3) is 0.0952. The van der Waals surface area contributed by atoms with E-state index < -0.39 is 5.97 Å². The van der Waals surface area contributed by atoms with Gasteiger partial charge in [0.2, 0.25) is 0 Å². The topological polar surface area (TPSA) is 56.5 Å². The second kappa shape index (κ2) is 7.62. The Labute approximate surface area is 171 Å². The second-order valence-corrected chi connectivity index (χ2v) is 6.93. The first-order valence-corrected chi connectivity index (χ1v) is 9.40. The lowest BCUT2D eigenvalue weighted by Gasteiger charge is -2.10. The highest BCUT2D eigenvalue weighted by atomic mass is 35.5. The highest BCUT2D eigenvalue weighted by molar-refractivity contribution is 6.30. The van der Waals surface area contributed by atoms with Crippen LogP contribution in [0.25, 0.3) is 28.2 Å². The summed E-state index contributed by atoms with van der Waals surface area (Å²) in [7, 11) is 0. The molecule has 2 heterocycles. The molecule has 140 valence electrons. The van der Waals surface area contributed by atoms with Gasteiger partial charge in [-0.2, -0.15) is 5.10 Å². The highest BCUT2D eigenvalue weighted by Crippen LogP contribution is 2.29. The quantitative estimate of drug-likeness (QED) is 0.413. The number of nitrogens with zero attached hydrogens (tertiary/aromatic N) is 3. The molecular weight excluding hydrogens is 397 g/mol. The van der Waals surface area contributed by atoms with Gasteiger partial charge in [-0.1, -0.05) is 47.5 Å². The third kappa shape index (κ3) is 3.46. The summed E-state index contributed by atoms with van der Waals surface area (Å²) in [6.45, 7) is 2.03. The first kappa shape index (κ1) is 18.5. The highest BCUT2D eigenvalue weighted by Gasteiger charge is 2.19. The molecule has 0 aliphatic carbocycles. The van der Waals surface area contributed by atoms with Crippen molar-refractivity contribution in [3.05, 3.63) is 76.4 Å². The fourth-order valence-electron chi connectivity index (χ4n) is 2.91. The van der Waals surface area contributed by atoms with Crippen molar-refractivity contribution >= 4 is 34.8 Å². The largest absolute Gasteiger partial charge is 0.462 e. The lowest BCUT2D eigenvalue weighted by molar-refractivity contribution is 0.0528. The molecule has 0 unspecified atom stereocenters. The van der Waals surface area contributed by atoms with Crippen LogP contribution in [-0.2, 0) is 4.74 Å². The Morgan fingerprint density at radius 1 is 1.00 bits per heavy atom. The third-order valence-corrected chi connectivity index (χ3v) is 4.75. The predicted octanol–water partition coefficient (Wildman–Crippen LogP) is 5.55. The van der Waals surface area contributed by atoms with E-state index in [9.17, 15) is 4.79 Å². The number of halogens is 2. The van der Waals surface area contributed by atoms with Crippen molar-refractivity contribution in [3.8, 4) is 22.5 Å². The van der Waals surface area contributed by atoms with E-state index in [4.69, 9.17) is 27.9 Å². The molecular formula is C21H15Cl2N3O2. The Bertz CT molecular complexity index is 1150. The van der Waals surface area contributed by atoms with E-state index in [1.165, 1.54) is 6.20 Å². The molecule has 4 aromatic rings. The van der Waals surface area contributed by atoms with Crippen molar-refractivity contribution < 1.29 is 9.53 Å². The lowest BCUT2D eigenvalue weighted by atomic mass is 10.1. The summed E-state index contributed by atoms with van der Waals surface area (Å²) in [5, 5.41) is 5.65. The van der Waals surface area contributed by atoms with Gasteiger partial charge in [0.05, 0.1) is 24.2 Å². The zero-order chi connectivity index (χ0) is 19.7. The fourth-order valence-corrected chi connectivity index (χ4v) is 3.16. The van der Waals surface area contributed by atoms with Crippen molar-refractivity contribution in [2.75, 3.05) is 6.61 Å². The number of fused-ring (bicyclic) bond motifs is 1. The summed E-state index contributed by atoms with van der Waals surface area (Å²) in [5.74, 6) is -0.458. The molecule has 0 bridgehead atoms. The van der Waals surface area contributed by atoms with Gasteiger partial charge < -0.3 is 4.74 Å². The Morgan fingerprint density at radius 3 is 2.21 bits per heavy atom. The van der Waals surface area contributed by atoms with Gasteiger partial charge in [0.1, 0.15) is 5.56 Å². The number of carbonyl (C=O) groups excluding carboxylic acids is 1. The zero-order valence-electron chi connectivity index (χ0n) is 14.9. The van der Waals surface area contributed by atoms with Gasteiger partial charge in [-0.3, -0.25) is 0 Å². The maximum atomic E-state index is 12.4. The molecule has 0 saturated heterocycles. The van der Waals surface area contributed by atoms with Crippen molar-refractivity contribution in [2.45, 2.75) is 6.92 Å². The van der Waals surface area contributed by atoms with E-state index >= 15 is 0 Å². The lowest BCUT2D eigenvalue weighted by Crippen LogP contribution is -2.06. The Balaban J connectivity index is 1.97. The first-order chi connectivity index (χ1) is 13.6. The Kier molecular flexibility index (Phi) is 5.03. The van der Waals surface area contributed by atoms with Gasteiger partial charge >= 0.3 is 5.97 Å². The molecule has 2 aromatic carbocycles. The smallest absolute Gasteiger partial charge is 0.343 e. The first-order valence-electron chi connectivity index (χ1n) is 8.64. The molecule has 7 heteroatoms. The molecule has 5 nitrogen and oxygen atoms in total. The van der Waals surface area contributed by atoms with Crippen LogP contribution in [0.4, 0.5) is 0 Å². The van der Waals surface area contributed by atoms with E-state index in [1.54, 1.807) is 35.7 Å². The van der Waals surface area contributed by atoms with E-state index in [0.717, 1.165) is 16.8 Å². The third-order valence-electron chi connectivity index (χ3n) is 4.25. The van der Waals surface area contributed by atoms with Gasteiger partial charge in [-0.15, -0.1) is 0 Å². The van der Waals surface area contributed by atoms with Crippen LogP contribution < -0.4 is 0 Å². The molecule has 0 N–H and O–H groups in total. The zero-order valence-corrected chi connectivity index (χ0v) is 16.4. The van der Waals surface area contributed by atoms with Crippen molar-refractivity contribution in [1.29, 1.82) is 0 Å². The maximum Gasteiger partial charge on any atom is 0.343 e. The number of hydrogen-bond donors (Lipinski definition) is 0. The SMILES string of the molecule is CCOC(=O)c1cnn2c(-c3ccc(Cl)cc3)cc(-c3ccc(Cl)cc3)nc12. The summed E-state index contributed by atoms with van der Waals surface area (Å²) < 4.78 is 6.78. The molecule has 28 heavy (non-hydrogen) atoms. The van der Waals surface area contributed by atoms with Crippen LogP contribution in [0.2, 0.25) is 10.0 Å². The van der Waals surface area contributed by atoms with Crippen LogP contribution in [0.3, 0.4) is 0 Å². The van der Waals surface area contributed by atoms with Crippen LogP contribution in [0.1, 0.15) is 17.3 Å². The molecule has 0 atom stereocenters. The van der Waals surface area contributed by atoms with Crippen LogP contribution in [-0.4, -0.2) is 27.2 Å². The Morgan fingerprint density at radius 2 is 1.61 bits per heavy atom. The van der Waals surface area contributed by atoms with Crippen LogP contribution in [0, 0.1) is 0 Å². The predicted molar refractivity (Wildman–Crippen MR) is 110 cm³/mol. The number of carbonyl (C=O) groups is 1. The monoisotopic (exact) mass is 411 g/mol. The minimum Gasteiger partial charge on any atom is -0.462 e. The van der Waals surface area contributed by atoms with Crippen LogP contribution in [0.15, 0.2) is 60.8 Å². The molecule has 4 rings (SSSR count). The van der Waals surface area contributed by atoms with E-state index in [1.807, 2.05) is 30.3 Å². The summed E-state index contributed by atoms with van der Waals surface area (Å²) in [4.78, 5) is 17.0. The van der Waals surface area contributed by atoms with Gasteiger partial charge in [0.15, 0.2) is 5.65 Å². The maximum absolute atomic E-state index is 12.4. The summed E-state index contributed by atoms with van der Waals surface area (Å²) in [6, 6.07) is 16.7. The van der Waals surface area contributed by atoms with Gasteiger partial charge in [0.25, 0.3) is 0 Å². The molecule has 0 amide bonds. The van der Waals surface area contributed by atoms with Crippen molar-refractivity contribution in [1.82, 2.24) is 14.6 Å². The number of aromatic nitrogens is 3. The van der Waals surface area contributed by atoms with Crippen molar-refractivity contribution in [3.63, 3.8) is 0 Å². The molecule has 0 fully saturated rings. The van der Waals surface area contributed by atoms with Gasteiger partial charge in [-0.05, 0) is 37.3 Å². The average Bonchev–Trinajstić information content (AvgIpc) is 3.13. The van der Waals surface area contributed by atoms with E-state index in [-0.39, 0.29) is 6.61 Å². The normalized spacial score (nSPS) is 11.0. The minimum absolute atomic E-state index is 0.275. The summed E-state index contributed by atoms with van der Waals surface area (Å²) >= 11 is 12.0. The summed E-state index contributed by atoms with van der Waals surface area (Å²) in [5.41, 5.74) is 3.98. The number of hydrogen-bond acceptors (Lipinski definition) is 4. The van der Waals surface area contributed by atoms with Crippen LogP contribution in [0.5, 0.6) is 0 Å². The minimum atomic E-state index is -0.458. The second-order valence-electron chi connectivity index (χ2n) is 6.05. The molecule has 0 aliphatic heterocycles. The van der Waals surface area contributed by atoms with Crippen molar-refractivity contribution in [2.24, 2.45) is 0 Å². The molecule has 0 aliphatic rings. The molecule has 0 spiro atoms. The summed E-state index contributed by atoms with van der Waals surface area (Å²) in [6.07, 6.45) is 1.48. The standard InChI is InChI=1S/C21H15Cl2N3O2/c1-2-28-21(27)17-12-24-26-19(14-5-9-16(23)10-6-14)11-18(25-20(17)26)13-3-7-15(22)8-4-13/h3-12H,2H2,1H3. The Hall–Kier alpha value is -2.89. The van der Waals surface area contributed by atoms with E-state index in [2.05, 4.69) is 10.1 Å². The van der Waals surface area contributed by atoms with Crippen LogP contribution >= 0.6 is 23.2 Å².